The fourth-order valence-electron chi connectivity index (χ4n) is 1.57. The molecular weight excluding hydrogens is 294 g/mol. The van der Waals surface area contributed by atoms with Crippen molar-refractivity contribution < 1.29 is 4.74 Å². The Bertz CT molecular complexity index is 527. The topological polar surface area (TPSA) is 37.4 Å². The van der Waals surface area contributed by atoms with E-state index in [1.165, 1.54) is 11.3 Å². The van der Waals surface area contributed by atoms with Gasteiger partial charge < -0.3 is 15.0 Å². The third-order valence-corrected chi connectivity index (χ3v) is 3.77. The Balaban J connectivity index is 1.79. The molecule has 20 heavy (non-hydrogen) atoms. The van der Waals surface area contributed by atoms with Crippen molar-refractivity contribution in [3.63, 3.8) is 0 Å². The molecule has 1 aromatic heterocycles. The molecule has 0 unspecified atom stereocenters. The third-order valence-electron chi connectivity index (χ3n) is 2.65. The average Bonchev–Trinajstić information content (AvgIpc) is 2.83. The lowest BCUT2D eigenvalue weighted by Gasteiger charge is -2.11. The number of anilines is 1. The molecule has 0 aliphatic heterocycles. The van der Waals surface area contributed by atoms with Gasteiger partial charge in [0.05, 0.1) is 6.54 Å². The van der Waals surface area contributed by atoms with Crippen LogP contribution in [0.2, 0.25) is 4.47 Å². The average molecular weight is 312 g/mol. The van der Waals surface area contributed by atoms with E-state index in [1.54, 1.807) is 6.20 Å². The lowest BCUT2D eigenvalue weighted by molar-refractivity contribution is 0.261. The van der Waals surface area contributed by atoms with Crippen LogP contribution in [0.4, 0.5) is 5.69 Å². The molecule has 0 radical (unpaired) electrons. The van der Waals surface area contributed by atoms with Gasteiger partial charge in [0, 0.05) is 23.3 Å². The summed E-state index contributed by atoms with van der Waals surface area (Å²) in [6.45, 7) is 2.33. The number of nitrogens with zero attached hydrogens (tertiary/aromatic N) is 2. The minimum Gasteiger partial charge on any atom is -0.492 e. The van der Waals surface area contributed by atoms with E-state index < -0.39 is 0 Å². The molecular formula is C14H18ClN3OS. The molecule has 108 valence electrons. The number of thiazole rings is 1. The first kappa shape index (κ1) is 15.1. The van der Waals surface area contributed by atoms with Crippen molar-refractivity contribution in [2.75, 3.05) is 32.6 Å². The van der Waals surface area contributed by atoms with Crippen LogP contribution >= 0.6 is 22.9 Å². The van der Waals surface area contributed by atoms with Crippen molar-refractivity contribution in [2.24, 2.45) is 0 Å². The Kier molecular flexibility index (Phi) is 5.64. The van der Waals surface area contributed by atoms with Crippen LogP contribution in [-0.4, -0.2) is 37.1 Å². The van der Waals surface area contributed by atoms with Gasteiger partial charge in [-0.15, -0.1) is 11.3 Å². The zero-order valence-corrected chi connectivity index (χ0v) is 13.2. The van der Waals surface area contributed by atoms with Gasteiger partial charge in [0.15, 0.2) is 4.47 Å². The molecule has 1 N–H and O–H groups in total. The summed E-state index contributed by atoms with van der Waals surface area (Å²) in [4.78, 5) is 7.22. The fourth-order valence-corrected chi connectivity index (χ4v) is 2.49. The smallest absolute Gasteiger partial charge is 0.183 e. The van der Waals surface area contributed by atoms with E-state index in [2.05, 4.69) is 15.2 Å². The van der Waals surface area contributed by atoms with E-state index in [1.807, 2.05) is 38.4 Å². The molecule has 0 fully saturated rings. The van der Waals surface area contributed by atoms with Crippen LogP contribution in [0, 0.1) is 0 Å². The second-order valence-electron chi connectivity index (χ2n) is 4.61. The second kappa shape index (κ2) is 7.47. The van der Waals surface area contributed by atoms with Gasteiger partial charge in [-0.05, 0) is 38.4 Å². The van der Waals surface area contributed by atoms with E-state index in [-0.39, 0.29) is 0 Å². The van der Waals surface area contributed by atoms with Crippen molar-refractivity contribution in [1.82, 2.24) is 9.88 Å². The molecule has 0 saturated carbocycles. The number of hydrogen-bond acceptors (Lipinski definition) is 5. The molecule has 0 atom stereocenters. The van der Waals surface area contributed by atoms with Crippen LogP contribution < -0.4 is 10.1 Å². The van der Waals surface area contributed by atoms with Gasteiger partial charge in [-0.25, -0.2) is 4.98 Å². The first-order chi connectivity index (χ1) is 9.63. The van der Waals surface area contributed by atoms with Gasteiger partial charge in [0.1, 0.15) is 12.4 Å². The van der Waals surface area contributed by atoms with Crippen molar-refractivity contribution in [3.8, 4) is 5.75 Å². The zero-order chi connectivity index (χ0) is 14.4. The van der Waals surface area contributed by atoms with Gasteiger partial charge in [0.25, 0.3) is 0 Å². The van der Waals surface area contributed by atoms with Gasteiger partial charge in [0.2, 0.25) is 0 Å². The molecule has 0 bridgehead atoms. The molecule has 4 nitrogen and oxygen atoms in total. The lowest BCUT2D eigenvalue weighted by Crippen LogP contribution is -2.19. The highest BCUT2D eigenvalue weighted by Crippen LogP contribution is 2.20. The lowest BCUT2D eigenvalue weighted by atomic mass is 10.3. The zero-order valence-electron chi connectivity index (χ0n) is 11.6. The standard InChI is InChI=1S/C14H18ClN3OS/c1-18(2)7-8-19-12-5-3-11(4-6-12)16-9-13-10-17-14(15)20-13/h3-6,10,16H,7-9H2,1-2H3. The van der Waals surface area contributed by atoms with Crippen molar-refractivity contribution in [1.29, 1.82) is 0 Å². The normalized spacial score (nSPS) is 10.8. The summed E-state index contributed by atoms with van der Waals surface area (Å²) in [5, 5.41) is 3.32. The Morgan fingerprint density at radius 3 is 2.65 bits per heavy atom. The highest BCUT2D eigenvalue weighted by atomic mass is 35.5. The van der Waals surface area contributed by atoms with Crippen LogP contribution in [0.25, 0.3) is 0 Å². The highest BCUT2D eigenvalue weighted by Gasteiger charge is 2.00. The minimum atomic E-state index is 0.575. The summed E-state index contributed by atoms with van der Waals surface area (Å²) < 4.78 is 6.22. The Morgan fingerprint density at radius 1 is 1.30 bits per heavy atom. The van der Waals surface area contributed by atoms with Crippen LogP contribution in [0.3, 0.4) is 0 Å². The van der Waals surface area contributed by atoms with Crippen LogP contribution in [0.1, 0.15) is 4.88 Å². The maximum atomic E-state index is 5.79. The van der Waals surface area contributed by atoms with E-state index in [0.29, 0.717) is 11.1 Å². The molecule has 0 amide bonds. The van der Waals surface area contributed by atoms with Crippen molar-refractivity contribution in [2.45, 2.75) is 6.54 Å². The van der Waals surface area contributed by atoms with Crippen LogP contribution in [0.5, 0.6) is 5.75 Å². The van der Waals surface area contributed by atoms with Gasteiger partial charge >= 0.3 is 0 Å². The number of nitrogens with one attached hydrogen (secondary N) is 1. The SMILES string of the molecule is CN(C)CCOc1ccc(NCc2cnc(Cl)s2)cc1. The van der Waals surface area contributed by atoms with Gasteiger partial charge in [-0.2, -0.15) is 0 Å². The predicted molar refractivity (Wildman–Crippen MR) is 84.9 cm³/mol. The molecule has 2 aromatic rings. The molecule has 1 aromatic carbocycles. The fraction of sp³-hybridized carbons (Fsp3) is 0.357. The van der Waals surface area contributed by atoms with Crippen molar-refractivity contribution >= 4 is 28.6 Å². The molecule has 0 spiro atoms. The summed E-state index contributed by atoms with van der Waals surface area (Å²) in [7, 11) is 4.06. The largest absolute Gasteiger partial charge is 0.492 e. The van der Waals surface area contributed by atoms with E-state index in [0.717, 1.165) is 29.4 Å². The van der Waals surface area contributed by atoms with E-state index >= 15 is 0 Å². The quantitative estimate of drug-likeness (QED) is 0.851. The minimum absolute atomic E-state index is 0.575. The second-order valence-corrected chi connectivity index (χ2v) is 6.31. The molecule has 0 aliphatic carbocycles. The van der Waals surface area contributed by atoms with Gasteiger partial charge in [-0.1, -0.05) is 11.6 Å². The molecule has 1 heterocycles. The van der Waals surface area contributed by atoms with E-state index in [9.17, 15) is 0 Å². The Morgan fingerprint density at radius 2 is 2.05 bits per heavy atom. The third kappa shape index (κ3) is 5.00. The predicted octanol–water partition coefficient (Wildman–Crippen LogP) is 3.35. The van der Waals surface area contributed by atoms with Crippen LogP contribution in [0.15, 0.2) is 30.5 Å². The molecule has 6 heteroatoms. The number of halogens is 1. The van der Waals surface area contributed by atoms with E-state index in [4.69, 9.17) is 16.3 Å². The number of benzene rings is 1. The summed E-state index contributed by atoms with van der Waals surface area (Å²) in [6, 6.07) is 7.95. The summed E-state index contributed by atoms with van der Waals surface area (Å²) >= 11 is 7.28. The van der Waals surface area contributed by atoms with Crippen molar-refractivity contribution in [3.05, 3.63) is 39.8 Å². The Labute approximate surface area is 128 Å². The summed E-state index contributed by atoms with van der Waals surface area (Å²) in [5.74, 6) is 0.887. The highest BCUT2D eigenvalue weighted by molar-refractivity contribution is 7.15. The summed E-state index contributed by atoms with van der Waals surface area (Å²) in [5.41, 5.74) is 1.05. The Hall–Kier alpha value is -1.30. The van der Waals surface area contributed by atoms with Crippen LogP contribution in [-0.2, 0) is 6.54 Å². The maximum absolute atomic E-state index is 5.79. The number of ether oxygens (including phenoxy) is 1. The first-order valence-corrected chi connectivity index (χ1v) is 7.54. The van der Waals surface area contributed by atoms with Gasteiger partial charge in [-0.3, -0.25) is 0 Å². The molecule has 0 saturated heterocycles. The molecule has 2 rings (SSSR count). The number of aromatic nitrogens is 1. The number of rotatable bonds is 7. The maximum Gasteiger partial charge on any atom is 0.183 e. The summed E-state index contributed by atoms with van der Waals surface area (Å²) in [6.07, 6.45) is 1.79. The monoisotopic (exact) mass is 311 g/mol. The number of likely N-dealkylation sites (N-methyl/N-ethyl adjacent to an activating group) is 1. The number of hydrogen-bond donors (Lipinski definition) is 1. The first-order valence-electron chi connectivity index (χ1n) is 6.35. The molecule has 0 aliphatic rings.